The highest BCUT2D eigenvalue weighted by atomic mass is 32.2. The first-order valence-corrected chi connectivity index (χ1v) is 8.44. The van der Waals surface area contributed by atoms with Crippen LogP contribution >= 0.6 is 0 Å². The third kappa shape index (κ3) is 7.31. The van der Waals surface area contributed by atoms with Crippen LogP contribution in [0, 0.1) is 5.92 Å². The van der Waals surface area contributed by atoms with Gasteiger partial charge in [0.15, 0.2) is 0 Å². The van der Waals surface area contributed by atoms with Gasteiger partial charge in [-0.1, -0.05) is 0 Å². The van der Waals surface area contributed by atoms with Gasteiger partial charge < -0.3 is 10.1 Å². The van der Waals surface area contributed by atoms with E-state index in [1.165, 1.54) is 12.8 Å². The lowest BCUT2D eigenvalue weighted by Gasteiger charge is -2.22. The van der Waals surface area contributed by atoms with Crippen LogP contribution in [0.5, 0.6) is 0 Å². The van der Waals surface area contributed by atoms with Gasteiger partial charge in [0.2, 0.25) is 10.0 Å². The van der Waals surface area contributed by atoms with Crippen LogP contribution in [-0.4, -0.2) is 46.5 Å². The molecule has 0 aromatic rings. The monoisotopic (exact) mass is 278 g/mol. The van der Waals surface area contributed by atoms with Crippen molar-refractivity contribution in [1.29, 1.82) is 0 Å². The lowest BCUT2D eigenvalue weighted by atomic mass is 9.96. The Morgan fingerprint density at radius 3 is 2.83 bits per heavy atom. The highest BCUT2D eigenvalue weighted by Gasteiger charge is 2.15. The highest BCUT2D eigenvalue weighted by Crippen LogP contribution is 2.12. The van der Waals surface area contributed by atoms with Crippen LogP contribution in [0.2, 0.25) is 0 Å². The van der Waals surface area contributed by atoms with Crippen LogP contribution < -0.4 is 10.0 Å². The maximum atomic E-state index is 11.6. The number of piperidine rings is 1. The summed E-state index contributed by atoms with van der Waals surface area (Å²) in [6.45, 7) is 6.70. The van der Waals surface area contributed by atoms with Gasteiger partial charge in [0.05, 0.1) is 18.5 Å². The first-order chi connectivity index (χ1) is 8.49. The number of sulfonamides is 1. The Hall–Kier alpha value is -0.170. The molecule has 0 radical (unpaired) electrons. The molecule has 5 nitrogen and oxygen atoms in total. The van der Waals surface area contributed by atoms with Gasteiger partial charge in [-0.3, -0.25) is 0 Å². The van der Waals surface area contributed by atoms with E-state index in [1.807, 2.05) is 13.8 Å². The van der Waals surface area contributed by atoms with E-state index in [2.05, 4.69) is 10.0 Å². The third-order valence-electron chi connectivity index (χ3n) is 3.08. The van der Waals surface area contributed by atoms with E-state index in [-0.39, 0.29) is 18.5 Å². The maximum absolute atomic E-state index is 11.6. The van der Waals surface area contributed by atoms with Crippen molar-refractivity contribution in [1.82, 2.24) is 10.0 Å². The second-order valence-corrected chi connectivity index (χ2v) is 7.06. The fourth-order valence-electron chi connectivity index (χ4n) is 2.05. The Bertz CT molecular complexity index is 311. The zero-order valence-corrected chi connectivity index (χ0v) is 12.3. The van der Waals surface area contributed by atoms with E-state index in [0.29, 0.717) is 12.5 Å². The van der Waals surface area contributed by atoms with E-state index >= 15 is 0 Å². The quantitative estimate of drug-likeness (QED) is 0.686. The van der Waals surface area contributed by atoms with Crippen molar-refractivity contribution in [3.05, 3.63) is 0 Å². The van der Waals surface area contributed by atoms with Gasteiger partial charge in [-0.2, -0.15) is 0 Å². The molecule has 1 fully saturated rings. The molecular weight excluding hydrogens is 252 g/mol. The standard InChI is InChI=1S/C12H26N2O3S/c1-11(2)17-8-9-18(15,16)14-7-5-12-4-3-6-13-10-12/h11-14H,3-10H2,1-2H3. The molecule has 0 bridgehead atoms. The van der Waals surface area contributed by atoms with Gasteiger partial charge in [-0.05, 0) is 52.1 Å². The molecule has 108 valence electrons. The first kappa shape index (κ1) is 15.9. The Balaban J connectivity index is 2.12. The average molecular weight is 278 g/mol. The fourth-order valence-corrected chi connectivity index (χ4v) is 2.94. The zero-order chi connectivity index (χ0) is 13.4. The molecule has 0 saturated carbocycles. The normalized spacial score (nSPS) is 21.4. The van der Waals surface area contributed by atoms with E-state index in [9.17, 15) is 8.42 Å². The summed E-state index contributed by atoms with van der Waals surface area (Å²) in [4.78, 5) is 0. The van der Waals surface area contributed by atoms with Crippen molar-refractivity contribution < 1.29 is 13.2 Å². The maximum Gasteiger partial charge on any atom is 0.213 e. The summed E-state index contributed by atoms with van der Waals surface area (Å²) in [5, 5.41) is 3.33. The third-order valence-corrected chi connectivity index (χ3v) is 4.42. The molecule has 1 rings (SSSR count). The predicted molar refractivity (Wildman–Crippen MR) is 73.1 cm³/mol. The molecule has 1 saturated heterocycles. The Morgan fingerprint density at radius 1 is 1.44 bits per heavy atom. The van der Waals surface area contributed by atoms with Crippen molar-refractivity contribution in [2.24, 2.45) is 5.92 Å². The Morgan fingerprint density at radius 2 is 2.22 bits per heavy atom. The molecule has 0 amide bonds. The molecule has 6 heteroatoms. The van der Waals surface area contributed by atoms with Gasteiger partial charge in [-0.15, -0.1) is 0 Å². The highest BCUT2D eigenvalue weighted by molar-refractivity contribution is 7.89. The second kappa shape index (κ2) is 8.09. The number of ether oxygens (including phenoxy) is 1. The first-order valence-electron chi connectivity index (χ1n) is 6.79. The van der Waals surface area contributed by atoms with Gasteiger partial charge in [0.1, 0.15) is 0 Å². The van der Waals surface area contributed by atoms with Gasteiger partial charge in [-0.25, -0.2) is 13.1 Å². The SMILES string of the molecule is CC(C)OCCS(=O)(=O)NCCC1CCCNC1. The number of hydrogen-bond acceptors (Lipinski definition) is 4. The van der Waals surface area contributed by atoms with E-state index < -0.39 is 10.0 Å². The number of nitrogens with one attached hydrogen (secondary N) is 2. The topological polar surface area (TPSA) is 67.4 Å². The van der Waals surface area contributed by atoms with Crippen LogP contribution in [0.4, 0.5) is 0 Å². The lowest BCUT2D eigenvalue weighted by molar-refractivity contribution is 0.0911. The van der Waals surface area contributed by atoms with Crippen LogP contribution in [0.25, 0.3) is 0 Å². The molecule has 2 N–H and O–H groups in total. The summed E-state index contributed by atoms with van der Waals surface area (Å²) in [6.07, 6.45) is 3.38. The minimum absolute atomic E-state index is 0.0497. The Kier molecular flexibility index (Phi) is 7.14. The summed E-state index contributed by atoms with van der Waals surface area (Å²) in [5.41, 5.74) is 0. The van der Waals surface area contributed by atoms with Gasteiger partial charge >= 0.3 is 0 Å². The van der Waals surface area contributed by atoms with Crippen LogP contribution in [0.3, 0.4) is 0 Å². The second-order valence-electron chi connectivity index (χ2n) is 5.13. The molecule has 1 heterocycles. The van der Waals surface area contributed by atoms with Crippen molar-refractivity contribution in [3.63, 3.8) is 0 Å². The zero-order valence-electron chi connectivity index (χ0n) is 11.4. The summed E-state index contributed by atoms with van der Waals surface area (Å²) in [5.74, 6) is 0.655. The number of hydrogen-bond donors (Lipinski definition) is 2. The molecule has 0 aromatic heterocycles. The summed E-state index contributed by atoms with van der Waals surface area (Å²) in [6, 6.07) is 0. The molecule has 1 unspecified atom stereocenters. The largest absolute Gasteiger partial charge is 0.378 e. The minimum Gasteiger partial charge on any atom is -0.378 e. The van der Waals surface area contributed by atoms with Crippen molar-refractivity contribution in [3.8, 4) is 0 Å². The summed E-state index contributed by atoms with van der Waals surface area (Å²) >= 11 is 0. The molecule has 0 aromatic carbocycles. The molecule has 18 heavy (non-hydrogen) atoms. The molecular formula is C12H26N2O3S. The molecule has 0 spiro atoms. The lowest BCUT2D eigenvalue weighted by Crippen LogP contribution is -2.34. The molecule has 1 aliphatic rings. The number of rotatable bonds is 8. The van der Waals surface area contributed by atoms with E-state index in [0.717, 1.165) is 19.5 Å². The Labute approximate surface area is 111 Å². The molecule has 1 aliphatic heterocycles. The average Bonchev–Trinajstić information content (AvgIpc) is 2.29. The smallest absolute Gasteiger partial charge is 0.213 e. The van der Waals surface area contributed by atoms with Crippen LogP contribution in [0.1, 0.15) is 33.1 Å². The summed E-state index contributed by atoms with van der Waals surface area (Å²) < 4.78 is 31.2. The fraction of sp³-hybridized carbons (Fsp3) is 1.00. The van der Waals surface area contributed by atoms with Crippen LogP contribution in [-0.2, 0) is 14.8 Å². The van der Waals surface area contributed by atoms with Crippen molar-refractivity contribution in [2.75, 3.05) is 32.0 Å². The van der Waals surface area contributed by atoms with E-state index in [4.69, 9.17) is 4.74 Å². The van der Waals surface area contributed by atoms with Crippen LogP contribution in [0.15, 0.2) is 0 Å². The van der Waals surface area contributed by atoms with E-state index in [1.54, 1.807) is 0 Å². The van der Waals surface area contributed by atoms with Crippen molar-refractivity contribution >= 4 is 10.0 Å². The molecule has 1 atom stereocenters. The van der Waals surface area contributed by atoms with Gasteiger partial charge in [0, 0.05) is 6.54 Å². The van der Waals surface area contributed by atoms with Crippen molar-refractivity contribution in [2.45, 2.75) is 39.2 Å². The molecule has 0 aliphatic carbocycles. The van der Waals surface area contributed by atoms with Gasteiger partial charge in [0.25, 0.3) is 0 Å². The summed E-state index contributed by atoms with van der Waals surface area (Å²) in [7, 11) is -3.17. The minimum atomic E-state index is -3.17. The predicted octanol–water partition coefficient (Wildman–Crippen LogP) is 0.721.